The molecule has 2 nitrogen and oxygen atoms in total. The van der Waals surface area contributed by atoms with Crippen LogP contribution in [0.4, 0.5) is 4.39 Å². The minimum atomic E-state index is -0.549. The number of hydrogen-bond donors (Lipinski definition) is 1. The van der Waals surface area contributed by atoms with Crippen LogP contribution in [0.5, 0.6) is 0 Å². The van der Waals surface area contributed by atoms with Crippen LogP contribution < -0.4 is 5.32 Å². The van der Waals surface area contributed by atoms with E-state index in [9.17, 15) is 9.18 Å². The molecular formula is C12H14BrClFNO. The van der Waals surface area contributed by atoms with Crippen LogP contribution >= 0.6 is 27.5 Å². The summed E-state index contributed by atoms with van der Waals surface area (Å²) < 4.78 is 13.3. The molecule has 0 unspecified atom stereocenters. The van der Waals surface area contributed by atoms with Gasteiger partial charge in [-0.3, -0.25) is 4.79 Å². The first-order chi connectivity index (χ1) is 8.15. The molecule has 1 amide bonds. The molecule has 17 heavy (non-hydrogen) atoms. The molecule has 1 rings (SSSR count). The van der Waals surface area contributed by atoms with Gasteiger partial charge in [-0.25, -0.2) is 4.39 Å². The van der Waals surface area contributed by atoms with Crippen LogP contribution in [0.1, 0.15) is 29.6 Å². The Morgan fingerprint density at radius 1 is 1.35 bits per heavy atom. The molecule has 0 spiro atoms. The van der Waals surface area contributed by atoms with E-state index in [1.54, 1.807) is 0 Å². The van der Waals surface area contributed by atoms with Crippen molar-refractivity contribution in [3.8, 4) is 0 Å². The first kappa shape index (κ1) is 14.5. The second-order valence-electron chi connectivity index (χ2n) is 3.63. The Kier molecular flexibility index (Phi) is 6.52. The summed E-state index contributed by atoms with van der Waals surface area (Å²) in [7, 11) is 0. The molecule has 0 aliphatic rings. The maximum Gasteiger partial charge on any atom is 0.254 e. The van der Waals surface area contributed by atoms with Gasteiger partial charge in [0.25, 0.3) is 5.91 Å². The van der Waals surface area contributed by atoms with Gasteiger partial charge in [0, 0.05) is 16.9 Å². The smallest absolute Gasteiger partial charge is 0.254 e. The topological polar surface area (TPSA) is 29.1 Å². The highest BCUT2D eigenvalue weighted by Crippen LogP contribution is 2.14. The van der Waals surface area contributed by atoms with Crippen molar-refractivity contribution in [2.45, 2.75) is 19.3 Å². The Hall–Kier alpha value is -0.610. The number of unbranched alkanes of at least 4 members (excludes halogenated alkanes) is 2. The van der Waals surface area contributed by atoms with Gasteiger partial charge < -0.3 is 5.32 Å². The fourth-order valence-electron chi connectivity index (χ4n) is 1.36. The molecule has 0 aliphatic heterocycles. The van der Waals surface area contributed by atoms with Crippen molar-refractivity contribution >= 4 is 33.4 Å². The van der Waals surface area contributed by atoms with Gasteiger partial charge >= 0.3 is 0 Å². The van der Waals surface area contributed by atoms with E-state index in [1.807, 2.05) is 0 Å². The number of carbonyl (C=O) groups is 1. The average Bonchev–Trinajstić information content (AvgIpc) is 2.32. The number of amides is 1. The lowest BCUT2D eigenvalue weighted by Crippen LogP contribution is -2.25. The Morgan fingerprint density at radius 2 is 2.12 bits per heavy atom. The van der Waals surface area contributed by atoms with E-state index in [0.29, 0.717) is 11.6 Å². The van der Waals surface area contributed by atoms with E-state index in [2.05, 4.69) is 21.2 Å². The average molecular weight is 323 g/mol. The molecule has 0 heterocycles. The van der Waals surface area contributed by atoms with E-state index in [1.165, 1.54) is 18.2 Å². The highest BCUT2D eigenvalue weighted by atomic mass is 79.9. The van der Waals surface area contributed by atoms with Gasteiger partial charge in [0.1, 0.15) is 5.82 Å². The molecule has 5 heteroatoms. The Bertz CT molecular complexity index is 387. The number of halogens is 3. The number of alkyl halides is 1. The molecule has 0 saturated heterocycles. The summed E-state index contributed by atoms with van der Waals surface area (Å²) in [5, 5.41) is 3.99. The number of benzene rings is 1. The molecule has 0 bridgehead atoms. The minimum absolute atomic E-state index is 0.00186. The van der Waals surface area contributed by atoms with Gasteiger partial charge in [0.05, 0.1) is 5.56 Å². The van der Waals surface area contributed by atoms with Gasteiger partial charge in [-0.2, -0.15) is 0 Å². The molecule has 0 aliphatic carbocycles. The monoisotopic (exact) mass is 321 g/mol. The molecule has 0 radical (unpaired) electrons. The van der Waals surface area contributed by atoms with Gasteiger partial charge in [0.2, 0.25) is 0 Å². The third-order valence-electron chi connectivity index (χ3n) is 2.27. The fourth-order valence-corrected chi connectivity index (χ4v) is 1.93. The third-order valence-corrected chi connectivity index (χ3v) is 3.06. The SMILES string of the molecule is O=C(NCCCCCBr)c1cc(Cl)ccc1F. The predicted molar refractivity (Wildman–Crippen MR) is 71.4 cm³/mol. The van der Waals surface area contributed by atoms with Crippen molar-refractivity contribution in [1.82, 2.24) is 5.32 Å². The maximum atomic E-state index is 13.3. The number of hydrogen-bond acceptors (Lipinski definition) is 1. The van der Waals surface area contributed by atoms with Crippen molar-refractivity contribution in [2.75, 3.05) is 11.9 Å². The van der Waals surface area contributed by atoms with E-state index in [4.69, 9.17) is 11.6 Å². The Balaban J connectivity index is 2.44. The van der Waals surface area contributed by atoms with Gasteiger partial charge in [-0.05, 0) is 31.0 Å². The summed E-state index contributed by atoms with van der Waals surface area (Å²) in [6.45, 7) is 0.553. The highest BCUT2D eigenvalue weighted by molar-refractivity contribution is 9.09. The van der Waals surface area contributed by atoms with E-state index < -0.39 is 11.7 Å². The zero-order valence-electron chi connectivity index (χ0n) is 9.31. The summed E-state index contributed by atoms with van der Waals surface area (Å²) in [6.07, 6.45) is 2.99. The fraction of sp³-hybridized carbons (Fsp3) is 0.417. The molecular weight excluding hydrogens is 308 g/mol. The summed E-state index contributed by atoms with van der Waals surface area (Å²) in [5.41, 5.74) is -0.00186. The molecule has 0 aromatic heterocycles. The second kappa shape index (κ2) is 7.67. The van der Waals surface area contributed by atoms with Crippen molar-refractivity contribution in [2.24, 2.45) is 0 Å². The lowest BCUT2D eigenvalue weighted by Gasteiger charge is -2.06. The maximum absolute atomic E-state index is 13.3. The summed E-state index contributed by atoms with van der Waals surface area (Å²) in [6, 6.07) is 3.95. The van der Waals surface area contributed by atoms with Crippen molar-refractivity contribution in [3.05, 3.63) is 34.6 Å². The summed E-state index contributed by atoms with van der Waals surface area (Å²) in [5.74, 6) is -0.962. The van der Waals surface area contributed by atoms with Crippen LogP contribution in [0.2, 0.25) is 5.02 Å². The molecule has 1 aromatic rings. The van der Waals surface area contributed by atoms with Crippen LogP contribution in [-0.2, 0) is 0 Å². The molecule has 0 atom stereocenters. The quantitative estimate of drug-likeness (QED) is 0.627. The number of nitrogens with one attached hydrogen (secondary N) is 1. The first-order valence-electron chi connectivity index (χ1n) is 5.44. The molecule has 0 fully saturated rings. The third kappa shape index (κ3) is 5.04. The van der Waals surface area contributed by atoms with E-state index in [0.717, 1.165) is 24.6 Å². The van der Waals surface area contributed by atoms with Crippen LogP contribution in [0.25, 0.3) is 0 Å². The van der Waals surface area contributed by atoms with E-state index >= 15 is 0 Å². The largest absolute Gasteiger partial charge is 0.352 e. The summed E-state index contributed by atoms with van der Waals surface area (Å²) in [4.78, 5) is 11.6. The molecule has 0 saturated carbocycles. The van der Waals surface area contributed by atoms with Gasteiger partial charge in [-0.15, -0.1) is 0 Å². The van der Waals surface area contributed by atoms with Crippen molar-refractivity contribution in [3.63, 3.8) is 0 Å². The standard InChI is InChI=1S/C12H14BrClFNO/c13-6-2-1-3-7-16-12(17)10-8-9(14)4-5-11(10)15/h4-5,8H,1-3,6-7H2,(H,16,17). The highest BCUT2D eigenvalue weighted by Gasteiger charge is 2.11. The first-order valence-corrected chi connectivity index (χ1v) is 6.94. The Labute approximate surface area is 114 Å². The zero-order valence-corrected chi connectivity index (χ0v) is 11.7. The lowest BCUT2D eigenvalue weighted by molar-refractivity contribution is 0.0949. The van der Waals surface area contributed by atoms with Gasteiger partial charge in [-0.1, -0.05) is 34.0 Å². The molecule has 1 aromatic carbocycles. The predicted octanol–water partition coefficient (Wildman–Crippen LogP) is 3.77. The molecule has 1 N–H and O–H groups in total. The van der Waals surface area contributed by atoms with Crippen LogP contribution in [-0.4, -0.2) is 17.8 Å². The zero-order chi connectivity index (χ0) is 12.7. The van der Waals surface area contributed by atoms with E-state index in [-0.39, 0.29) is 5.56 Å². The second-order valence-corrected chi connectivity index (χ2v) is 4.86. The number of rotatable bonds is 6. The van der Waals surface area contributed by atoms with Crippen molar-refractivity contribution < 1.29 is 9.18 Å². The van der Waals surface area contributed by atoms with Crippen LogP contribution in [0.15, 0.2) is 18.2 Å². The van der Waals surface area contributed by atoms with Gasteiger partial charge in [0.15, 0.2) is 0 Å². The normalized spacial score (nSPS) is 10.3. The van der Waals surface area contributed by atoms with Crippen molar-refractivity contribution in [1.29, 1.82) is 0 Å². The van der Waals surface area contributed by atoms with Crippen LogP contribution in [0.3, 0.4) is 0 Å². The van der Waals surface area contributed by atoms with Crippen LogP contribution in [0, 0.1) is 5.82 Å². The lowest BCUT2D eigenvalue weighted by atomic mass is 10.2. The minimum Gasteiger partial charge on any atom is -0.352 e. The molecule has 94 valence electrons. The number of carbonyl (C=O) groups excluding carboxylic acids is 1. The Morgan fingerprint density at radius 3 is 2.82 bits per heavy atom. The summed E-state index contributed by atoms with van der Waals surface area (Å²) >= 11 is 9.04.